The average Bonchev–Trinajstić information content (AvgIpc) is 2.93. The van der Waals surface area contributed by atoms with Gasteiger partial charge in [0.05, 0.1) is 19.9 Å². The van der Waals surface area contributed by atoms with Gasteiger partial charge in [-0.05, 0) is 19.4 Å². The minimum atomic E-state index is 0.0204. The highest BCUT2D eigenvalue weighted by atomic mass is 16.5. The monoisotopic (exact) mass is 368 g/mol. The largest absolute Gasteiger partial charge is 0.497 e. The van der Waals surface area contributed by atoms with E-state index in [1.165, 1.54) is 0 Å². The Morgan fingerprint density at radius 2 is 1.96 bits per heavy atom. The summed E-state index contributed by atoms with van der Waals surface area (Å²) in [5, 5.41) is 3.07. The summed E-state index contributed by atoms with van der Waals surface area (Å²) in [5.74, 6) is 1.60. The van der Waals surface area contributed by atoms with Crippen LogP contribution in [0.3, 0.4) is 0 Å². The lowest BCUT2D eigenvalue weighted by Crippen LogP contribution is -2.27. The topological polar surface area (TPSA) is 71.9 Å². The number of ether oxygens (including phenoxy) is 2. The minimum Gasteiger partial charge on any atom is -0.497 e. The SMILES string of the molecule is COc1ccc(CN2CCc3nc4cc(C)[nH]n4c(=O)c3CC2)c(OC)c1. The standard InChI is InChI=1S/C20H24N4O3/c1-13-10-19-21-17-7-9-23(8-6-16(17)20(25)24(19)22-13)12-14-4-5-15(26-2)11-18(14)27-3/h4-5,10-11,22H,6-9,12H2,1-3H3. The van der Waals surface area contributed by atoms with Crippen LogP contribution in [-0.4, -0.2) is 46.8 Å². The highest BCUT2D eigenvalue weighted by Gasteiger charge is 2.21. The summed E-state index contributed by atoms with van der Waals surface area (Å²) >= 11 is 0. The molecule has 0 radical (unpaired) electrons. The van der Waals surface area contributed by atoms with Crippen LogP contribution in [0.15, 0.2) is 29.1 Å². The first-order valence-electron chi connectivity index (χ1n) is 9.12. The third kappa shape index (κ3) is 3.30. The fourth-order valence-electron chi connectivity index (χ4n) is 3.71. The highest BCUT2D eigenvalue weighted by Crippen LogP contribution is 2.26. The first kappa shape index (κ1) is 17.6. The predicted octanol–water partition coefficient (Wildman–Crippen LogP) is 1.95. The lowest BCUT2D eigenvalue weighted by atomic mass is 10.1. The van der Waals surface area contributed by atoms with Crippen LogP contribution in [-0.2, 0) is 19.4 Å². The molecule has 2 aromatic heterocycles. The van der Waals surface area contributed by atoms with Gasteiger partial charge in [-0.1, -0.05) is 6.07 Å². The summed E-state index contributed by atoms with van der Waals surface area (Å²) < 4.78 is 12.3. The molecule has 0 unspecified atom stereocenters. The quantitative estimate of drug-likeness (QED) is 0.762. The van der Waals surface area contributed by atoms with Crippen molar-refractivity contribution < 1.29 is 9.47 Å². The van der Waals surface area contributed by atoms with Crippen molar-refractivity contribution in [3.63, 3.8) is 0 Å². The molecular weight excluding hydrogens is 344 g/mol. The number of benzene rings is 1. The number of aromatic amines is 1. The van der Waals surface area contributed by atoms with Gasteiger partial charge < -0.3 is 9.47 Å². The summed E-state index contributed by atoms with van der Waals surface area (Å²) in [4.78, 5) is 19.9. The molecule has 0 atom stereocenters. The zero-order valence-electron chi connectivity index (χ0n) is 15.9. The van der Waals surface area contributed by atoms with Crippen LogP contribution in [0.25, 0.3) is 5.65 Å². The third-order valence-corrected chi connectivity index (χ3v) is 5.15. The van der Waals surface area contributed by atoms with E-state index in [1.54, 1.807) is 18.7 Å². The number of hydrogen-bond donors (Lipinski definition) is 1. The molecule has 3 aromatic rings. The van der Waals surface area contributed by atoms with E-state index in [2.05, 4.69) is 10.00 Å². The van der Waals surface area contributed by atoms with Crippen molar-refractivity contribution in [2.24, 2.45) is 0 Å². The molecule has 1 N–H and O–H groups in total. The molecule has 0 saturated heterocycles. The Hall–Kier alpha value is -2.80. The minimum absolute atomic E-state index is 0.0204. The molecule has 3 heterocycles. The molecule has 0 aliphatic carbocycles. The Kier molecular flexibility index (Phi) is 4.61. The predicted molar refractivity (Wildman–Crippen MR) is 103 cm³/mol. The van der Waals surface area contributed by atoms with Gasteiger partial charge in [-0.3, -0.25) is 14.8 Å². The van der Waals surface area contributed by atoms with E-state index in [1.807, 2.05) is 31.2 Å². The van der Waals surface area contributed by atoms with E-state index in [0.29, 0.717) is 12.1 Å². The smallest absolute Gasteiger partial charge is 0.276 e. The van der Waals surface area contributed by atoms with Gasteiger partial charge in [-0.25, -0.2) is 9.50 Å². The number of aromatic nitrogens is 3. The second kappa shape index (κ2) is 7.08. The van der Waals surface area contributed by atoms with Gasteiger partial charge in [0.1, 0.15) is 11.5 Å². The molecule has 0 fully saturated rings. The number of hydrogen-bond acceptors (Lipinski definition) is 5. The molecule has 0 spiro atoms. The number of H-pyrrole nitrogens is 1. The van der Waals surface area contributed by atoms with Crippen LogP contribution in [0, 0.1) is 6.92 Å². The van der Waals surface area contributed by atoms with Crippen LogP contribution in [0.1, 0.15) is 22.5 Å². The maximum absolute atomic E-state index is 12.8. The Balaban J connectivity index is 1.57. The summed E-state index contributed by atoms with van der Waals surface area (Å²) in [7, 11) is 3.32. The summed E-state index contributed by atoms with van der Waals surface area (Å²) in [6, 6.07) is 7.80. The molecular formula is C20H24N4O3. The molecule has 7 heteroatoms. The van der Waals surface area contributed by atoms with Crippen molar-refractivity contribution in [3.05, 3.63) is 57.1 Å². The second-order valence-corrected chi connectivity index (χ2v) is 6.93. The molecule has 0 saturated carbocycles. The van der Waals surface area contributed by atoms with Crippen LogP contribution < -0.4 is 15.0 Å². The van der Waals surface area contributed by atoms with Gasteiger partial charge in [0.15, 0.2) is 5.65 Å². The number of methoxy groups -OCH3 is 2. The Morgan fingerprint density at radius 1 is 1.15 bits per heavy atom. The van der Waals surface area contributed by atoms with Crippen molar-refractivity contribution in [2.45, 2.75) is 26.3 Å². The summed E-state index contributed by atoms with van der Waals surface area (Å²) in [5.41, 5.74) is 4.50. The molecule has 0 amide bonds. The molecule has 1 aliphatic rings. The summed E-state index contributed by atoms with van der Waals surface area (Å²) in [6.45, 7) is 4.36. The van der Waals surface area contributed by atoms with Gasteiger partial charge in [0.25, 0.3) is 5.56 Å². The number of aryl methyl sites for hydroxylation is 1. The van der Waals surface area contributed by atoms with Crippen molar-refractivity contribution in [1.29, 1.82) is 0 Å². The van der Waals surface area contributed by atoms with Gasteiger partial charge in [0.2, 0.25) is 0 Å². The van der Waals surface area contributed by atoms with Crippen molar-refractivity contribution >= 4 is 5.65 Å². The maximum Gasteiger partial charge on any atom is 0.276 e. The van der Waals surface area contributed by atoms with Crippen LogP contribution >= 0.6 is 0 Å². The average molecular weight is 368 g/mol. The lowest BCUT2D eigenvalue weighted by Gasteiger charge is -2.21. The van der Waals surface area contributed by atoms with Gasteiger partial charge in [-0.15, -0.1) is 0 Å². The van der Waals surface area contributed by atoms with E-state index in [-0.39, 0.29) is 5.56 Å². The van der Waals surface area contributed by atoms with Crippen LogP contribution in [0.5, 0.6) is 11.5 Å². The van der Waals surface area contributed by atoms with E-state index in [0.717, 1.165) is 60.1 Å². The molecule has 4 rings (SSSR count). The number of fused-ring (bicyclic) bond motifs is 2. The van der Waals surface area contributed by atoms with Crippen molar-refractivity contribution in [2.75, 3.05) is 27.3 Å². The first-order valence-corrected chi connectivity index (χ1v) is 9.12. The van der Waals surface area contributed by atoms with Gasteiger partial charge >= 0.3 is 0 Å². The molecule has 1 aromatic carbocycles. The van der Waals surface area contributed by atoms with E-state index >= 15 is 0 Å². The lowest BCUT2D eigenvalue weighted by molar-refractivity contribution is 0.273. The third-order valence-electron chi connectivity index (χ3n) is 5.15. The maximum atomic E-state index is 12.8. The second-order valence-electron chi connectivity index (χ2n) is 6.93. The highest BCUT2D eigenvalue weighted by molar-refractivity contribution is 5.42. The fraction of sp³-hybridized carbons (Fsp3) is 0.400. The van der Waals surface area contributed by atoms with Crippen LogP contribution in [0.2, 0.25) is 0 Å². The first-order chi connectivity index (χ1) is 13.1. The number of nitrogens with one attached hydrogen (secondary N) is 1. The molecule has 7 nitrogen and oxygen atoms in total. The van der Waals surface area contributed by atoms with E-state index in [9.17, 15) is 4.79 Å². The number of rotatable bonds is 4. The Bertz CT molecular complexity index is 1040. The zero-order valence-corrected chi connectivity index (χ0v) is 15.9. The van der Waals surface area contributed by atoms with E-state index < -0.39 is 0 Å². The van der Waals surface area contributed by atoms with Crippen molar-refractivity contribution in [1.82, 2.24) is 19.5 Å². The molecule has 27 heavy (non-hydrogen) atoms. The number of nitrogens with zero attached hydrogens (tertiary/aromatic N) is 3. The van der Waals surface area contributed by atoms with Gasteiger partial charge in [0, 0.05) is 55.0 Å². The fourth-order valence-corrected chi connectivity index (χ4v) is 3.71. The van der Waals surface area contributed by atoms with E-state index in [4.69, 9.17) is 14.5 Å². The molecule has 1 aliphatic heterocycles. The van der Waals surface area contributed by atoms with Crippen molar-refractivity contribution in [3.8, 4) is 11.5 Å². The molecule has 0 bridgehead atoms. The Morgan fingerprint density at radius 3 is 2.74 bits per heavy atom. The van der Waals surface area contributed by atoms with Gasteiger partial charge in [-0.2, -0.15) is 0 Å². The summed E-state index contributed by atoms with van der Waals surface area (Å²) in [6.07, 6.45) is 1.46. The normalized spacial score (nSPS) is 14.8. The Labute approximate surface area is 157 Å². The zero-order chi connectivity index (χ0) is 19.0. The van der Waals surface area contributed by atoms with Crippen LogP contribution in [0.4, 0.5) is 0 Å². The molecule has 142 valence electrons.